The van der Waals surface area contributed by atoms with Gasteiger partial charge in [-0.05, 0) is 49.1 Å². The molecule has 0 atom stereocenters. The number of ether oxygens (including phenoxy) is 1. The fraction of sp³-hybridized carbons (Fsp3) is 0.607. The van der Waals surface area contributed by atoms with E-state index in [1.807, 2.05) is 36.7 Å². The third kappa shape index (κ3) is 10.9. The summed E-state index contributed by atoms with van der Waals surface area (Å²) in [6.45, 7) is 4.45. The van der Waals surface area contributed by atoms with E-state index in [1.165, 1.54) is 76.2 Å². The van der Waals surface area contributed by atoms with Crippen molar-refractivity contribution in [1.29, 1.82) is 0 Å². The van der Waals surface area contributed by atoms with E-state index >= 15 is 0 Å². The van der Waals surface area contributed by atoms with Gasteiger partial charge in [-0.25, -0.2) is 9.97 Å². The summed E-state index contributed by atoms with van der Waals surface area (Å²) in [5.74, 6) is 1.13. The van der Waals surface area contributed by atoms with E-state index in [1.54, 1.807) is 0 Å². The minimum absolute atomic E-state index is 0.157. The molecule has 1 aromatic heterocycles. The van der Waals surface area contributed by atoms with Crippen LogP contribution in [0.15, 0.2) is 36.7 Å². The Morgan fingerprint density at radius 1 is 0.719 bits per heavy atom. The molecule has 2 rings (SSSR count). The Hall–Kier alpha value is -2.23. The third-order valence-electron chi connectivity index (χ3n) is 5.85. The molecule has 0 N–H and O–H groups in total. The highest BCUT2D eigenvalue weighted by molar-refractivity contribution is 5.72. The standard InChI is InChI=1S/C28H42N2O2/c1-3-5-7-9-10-11-13-14-16-24-22-29-28(30-23-24)25-18-20-26(21-19-25)32-27(31)17-15-12-8-6-4-2/h18-23H,3-17H2,1-2H3. The van der Waals surface area contributed by atoms with E-state index < -0.39 is 0 Å². The molecule has 0 aliphatic rings. The Kier molecular flexibility index (Phi) is 13.3. The quantitative estimate of drug-likeness (QED) is 0.142. The highest BCUT2D eigenvalue weighted by Gasteiger charge is 2.07. The molecule has 2 aromatic rings. The molecule has 176 valence electrons. The lowest BCUT2D eigenvalue weighted by atomic mass is 10.1. The molecule has 0 aliphatic carbocycles. The van der Waals surface area contributed by atoms with Crippen LogP contribution in [-0.2, 0) is 11.2 Å². The Labute approximate surface area is 195 Å². The van der Waals surface area contributed by atoms with Gasteiger partial charge in [-0.1, -0.05) is 84.5 Å². The maximum atomic E-state index is 12.0. The molecule has 4 nitrogen and oxygen atoms in total. The molecule has 0 unspecified atom stereocenters. The van der Waals surface area contributed by atoms with E-state index in [0.29, 0.717) is 18.0 Å². The Morgan fingerprint density at radius 3 is 1.84 bits per heavy atom. The number of unbranched alkanes of at least 4 members (excludes halogenated alkanes) is 11. The summed E-state index contributed by atoms with van der Waals surface area (Å²) in [5, 5.41) is 0. The number of nitrogens with zero attached hydrogens (tertiary/aromatic N) is 2. The number of carbonyl (C=O) groups excluding carboxylic acids is 1. The van der Waals surface area contributed by atoms with Crippen LogP contribution in [0.25, 0.3) is 11.4 Å². The van der Waals surface area contributed by atoms with Gasteiger partial charge in [-0.2, -0.15) is 0 Å². The molecule has 0 fully saturated rings. The van der Waals surface area contributed by atoms with Crippen molar-refractivity contribution in [2.24, 2.45) is 0 Å². The van der Waals surface area contributed by atoms with Gasteiger partial charge in [0.15, 0.2) is 5.82 Å². The molecule has 0 bridgehead atoms. The number of hydrogen-bond donors (Lipinski definition) is 0. The molecule has 0 aliphatic heterocycles. The zero-order chi connectivity index (χ0) is 22.9. The molecule has 0 saturated heterocycles. The maximum Gasteiger partial charge on any atom is 0.311 e. The minimum Gasteiger partial charge on any atom is -0.427 e. The van der Waals surface area contributed by atoms with Crippen molar-refractivity contribution in [3.8, 4) is 17.1 Å². The van der Waals surface area contributed by atoms with E-state index in [9.17, 15) is 4.79 Å². The van der Waals surface area contributed by atoms with Crippen LogP contribution in [0.5, 0.6) is 5.75 Å². The van der Waals surface area contributed by atoms with Crippen molar-refractivity contribution >= 4 is 5.97 Å². The van der Waals surface area contributed by atoms with Crippen LogP contribution in [0, 0.1) is 0 Å². The van der Waals surface area contributed by atoms with Crippen LogP contribution in [0.3, 0.4) is 0 Å². The molecule has 0 spiro atoms. The summed E-state index contributed by atoms with van der Waals surface area (Å²) in [6, 6.07) is 7.47. The molecule has 1 aromatic carbocycles. The predicted molar refractivity (Wildman–Crippen MR) is 133 cm³/mol. The number of esters is 1. The van der Waals surface area contributed by atoms with Crippen molar-refractivity contribution < 1.29 is 9.53 Å². The van der Waals surface area contributed by atoms with Gasteiger partial charge in [0.2, 0.25) is 0 Å². The van der Waals surface area contributed by atoms with Crippen LogP contribution in [0.2, 0.25) is 0 Å². The Bertz CT molecular complexity index is 741. The van der Waals surface area contributed by atoms with Gasteiger partial charge < -0.3 is 4.74 Å². The lowest BCUT2D eigenvalue weighted by molar-refractivity contribution is -0.134. The van der Waals surface area contributed by atoms with E-state index in [2.05, 4.69) is 23.8 Å². The van der Waals surface area contributed by atoms with Crippen molar-refractivity contribution in [3.05, 3.63) is 42.2 Å². The first-order valence-electron chi connectivity index (χ1n) is 12.8. The molecular formula is C28H42N2O2. The van der Waals surface area contributed by atoms with Gasteiger partial charge in [-0.15, -0.1) is 0 Å². The van der Waals surface area contributed by atoms with Gasteiger partial charge >= 0.3 is 5.97 Å². The zero-order valence-corrected chi connectivity index (χ0v) is 20.3. The Morgan fingerprint density at radius 2 is 1.25 bits per heavy atom. The lowest BCUT2D eigenvalue weighted by Gasteiger charge is -2.06. The van der Waals surface area contributed by atoms with Crippen molar-refractivity contribution in [2.45, 2.75) is 110 Å². The average Bonchev–Trinajstić information content (AvgIpc) is 2.81. The molecule has 0 radical (unpaired) electrons. The lowest BCUT2D eigenvalue weighted by Crippen LogP contribution is -2.07. The van der Waals surface area contributed by atoms with E-state index in [0.717, 1.165) is 24.8 Å². The highest BCUT2D eigenvalue weighted by atomic mass is 16.5. The smallest absolute Gasteiger partial charge is 0.311 e. The third-order valence-corrected chi connectivity index (χ3v) is 5.85. The number of aromatic nitrogens is 2. The molecule has 0 saturated carbocycles. The number of carbonyl (C=O) groups is 1. The van der Waals surface area contributed by atoms with E-state index in [-0.39, 0.29) is 5.97 Å². The fourth-order valence-corrected chi connectivity index (χ4v) is 3.82. The van der Waals surface area contributed by atoms with Crippen LogP contribution in [0.4, 0.5) is 0 Å². The van der Waals surface area contributed by atoms with Crippen molar-refractivity contribution in [1.82, 2.24) is 9.97 Å². The summed E-state index contributed by atoms with van der Waals surface area (Å²) < 4.78 is 5.44. The number of rotatable bonds is 17. The molecule has 0 amide bonds. The zero-order valence-electron chi connectivity index (χ0n) is 20.3. The molecular weight excluding hydrogens is 396 g/mol. The summed E-state index contributed by atoms with van der Waals surface area (Å²) in [7, 11) is 0. The van der Waals surface area contributed by atoms with Crippen LogP contribution in [0.1, 0.15) is 109 Å². The summed E-state index contributed by atoms with van der Waals surface area (Å²) >= 11 is 0. The predicted octanol–water partition coefficient (Wildman–Crippen LogP) is 8.09. The SMILES string of the molecule is CCCCCCCCCCc1cnc(-c2ccc(OC(=O)CCCCCCC)cc2)nc1. The second-order valence-corrected chi connectivity index (χ2v) is 8.80. The van der Waals surface area contributed by atoms with Gasteiger partial charge in [-0.3, -0.25) is 4.79 Å². The Balaban J connectivity index is 1.68. The highest BCUT2D eigenvalue weighted by Crippen LogP contribution is 2.20. The first-order chi connectivity index (χ1) is 15.7. The van der Waals surface area contributed by atoms with Gasteiger partial charge in [0.05, 0.1) is 0 Å². The summed E-state index contributed by atoms with van der Waals surface area (Å²) in [6.07, 6.45) is 21.7. The molecule has 4 heteroatoms. The topological polar surface area (TPSA) is 52.1 Å². The largest absolute Gasteiger partial charge is 0.427 e. The normalized spacial score (nSPS) is 10.9. The maximum absolute atomic E-state index is 12.0. The number of hydrogen-bond acceptors (Lipinski definition) is 4. The summed E-state index contributed by atoms with van der Waals surface area (Å²) in [4.78, 5) is 21.0. The van der Waals surface area contributed by atoms with Crippen LogP contribution >= 0.6 is 0 Å². The molecule has 1 heterocycles. The van der Waals surface area contributed by atoms with Crippen molar-refractivity contribution in [3.63, 3.8) is 0 Å². The average molecular weight is 439 g/mol. The van der Waals surface area contributed by atoms with Gasteiger partial charge in [0.1, 0.15) is 5.75 Å². The van der Waals surface area contributed by atoms with Gasteiger partial charge in [0, 0.05) is 24.4 Å². The summed E-state index contributed by atoms with van der Waals surface area (Å²) in [5.41, 5.74) is 2.13. The van der Waals surface area contributed by atoms with Gasteiger partial charge in [0.25, 0.3) is 0 Å². The monoisotopic (exact) mass is 438 g/mol. The second kappa shape index (κ2) is 16.4. The first kappa shape index (κ1) is 26.0. The van der Waals surface area contributed by atoms with Crippen LogP contribution < -0.4 is 4.74 Å². The second-order valence-electron chi connectivity index (χ2n) is 8.80. The van der Waals surface area contributed by atoms with Crippen molar-refractivity contribution in [2.75, 3.05) is 0 Å². The minimum atomic E-state index is -0.157. The van der Waals surface area contributed by atoms with E-state index in [4.69, 9.17) is 4.74 Å². The van der Waals surface area contributed by atoms with Crippen LogP contribution in [-0.4, -0.2) is 15.9 Å². The fourth-order valence-electron chi connectivity index (χ4n) is 3.82. The molecule has 32 heavy (non-hydrogen) atoms. The first-order valence-corrected chi connectivity index (χ1v) is 12.8. The number of aryl methyl sites for hydroxylation is 1. The number of benzene rings is 1.